The number of hydrogen-bond acceptors (Lipinski definition) is 4. The summed E-state index contributed by atoms with van der Waals surface area (Å²) in [6, 6.07) is 10.1. The van der Waals surface area contributed by atoms with Crippen molar-refractivity contribution in [2.45, 2.75) is 26.9 Å². The van der Waals surface area contributed by atoms with E-state index in [0.29, 0.717) is 0 Å². The first kappa shape index (κ1) is 14.4. The number of nitrogens with one attached hydrogen (secondary N) is 1. The van der Waals surface area contributed by atoms with Crippen LogP contribution in [0.15, 0.2) is 48.9 Å². The number of aryl methyl sites for hydroxylation is 2. The average Bonchev–Trinajstić information content (AvgIpc) is 2.96. The van der Waals surface area contributed by atoms with Gasteiger partial charge in [0.05, 0.1) is 0 Å². The molecule has 0 atom stereocenters. The molecular formula is C17H19N5. The molecule has 0 saturated heterocycles. The highest BCUT2D eigenvalue weighted by atomic mass is 15.2. The number of aromatic nitrogens is 4. The molecule has 0 bridgehead atoms. The van der Waals surface area contributed by atoms with Crippen molar-refractivity contribution in [2.24, 2.45) is 0 Å². The predicted molar refractivity (Wildman–Crippen MR) is 85.6 cm³/mol. The minimum atomic E-state index is 0.723. The molecule has 0 radical (unpaired) electrons. The summed E-state index contributed by atoms with van der Waals surface area (Å²) < 4.78 is 2.02. The average molecular weight is 293 g/mol. The molecule has 0 saturated carbocycles. The minimum Gasteiger partial charge on any atom is -0.307 e. The highest BCUT2D eigenvalue weighted by molar-refractivity contribution is 5.24. The van der Waals surface area contributed by atoms with Crippen LogP contribution in [-0.2, 0) is 13.1 Å². The van der Waals surface area contributed by atoms with E-state index in [-0.39, 0.29) is 0 Å². The van der Waals surface area contributed by atoms with Gasteiger partial charge in [0.2, 0.25) is 5.95 Å². The Balaban J connectivity index is 1.72. The van der Waals surface area contributed by atoms with E-state index in [1.165, 1.54) is 5.56 Å². The Morgan fingerprint density at radius 1 is 1.05 bits per heavy atom. The Morgan fingerprint density at radius 3 is 2.59 bits per heavy atom. The van der Waals surface area contributed by atoms with Crippen LogP contribution >= 0.6 is 0 Å². The second-order valence-corrected chi connectivity index (χ2v) is 5.29. The van der Waals surface area contributed by atoms with E-state index >= 15 is 0 Å². The van der Waals surface area contributed by atoms with Crippen molar-refractivity contribution < 1.29 is 0 Å². The molecule has 22 heavy (non-hydrogen) atoms. The van der Waals surface area contributed by atoms with E-state index in [1.807, 2.05) is 49.0 Å². The second-order valence-electron chi connectivity index (χ2n) is 5.29. The van der Waals surface area contributed by atoms with Crippen LogP contribution < -0.4 is 5.32 Å². The molecule has 5 heteroatoms. The smallest absolute Gasteiger partial charge is 0.234 e. The SMILES string of the molecule is Cc1cc(C)nc(-n2cccc2CNCc2cccnc2)n1. The molecule has 3 rings (SSSR count). The van der Waals surface area contributed by atoms with Gasteiger partial charge in [0.15, 0.2) is 0 Å². The van der Waals surface area contributed by atoms with Gasteiger partial charge in [0, 0.05) is 48.8 Å². The van der Waals surface area contributed by atoms with Gasteiger partial charge in [0.25, 0.3) is 0 Å². The molecule has 112 valence electrons. The maximum atomic E-state index is 4.52. The normalized spacial score (nSPS) is 10.8. The van der Waals surface area contributed by atoms with Crippen LogP contribution in [0.2, 0.25) is 0 Å². The fraction of sp³-hybridized carbons (Fsp3) is 0.235. The molecule has 1 N–H and O–H groups in total. The summed E-state index contributed by atoms with van der Waals surface area (Å²) in [5.74, 6) is 0.723. The summed E-state index contributed by atoms with van der Waals surface area (Å²) >= 11 is 0. The summed E-state index contributed by atoms with van der Waals surface area (Å²) in [7, 11) is 0. The third kappa shape index (κ3) is 3.38. The molecular weight excluding hydrogens is 274 g/mol. The van der Waals surface area contributed by atoms with Crippen molar-refractivity contribution in [1.29, 1.82) is 0 Å². The van der Waals surface area contributed by atoms with E-state index < -0.39 is 0 Å². The van der Waals surface area contributed by atoms with Crippen LogP contribution in [0.1, 0.15) is 22.6 Å². The van der Waals surface area contributed by atoms with Crippen molar-refractivity contribution in [1.82, 2.24) is 24.8 Å². The fourth-order valence-electron chi connectivity index (χ4n) is 2.41. The molecule has 0 aliphatic carbocycles. The zero-order valence-corrected chi connectivity index (χ0v) is 12.8. The van der Waals surface area contributed by atoms with E-state index in [1.54, 1.807) is 6.20 Å². The van der Waals surface area contributed by atoms with Crippen molar-refractivity contribution in [3.8, 4) is 5.95 Å². The maximum Gasteiger partial charge on any atom is 0.234 e. The van der Waals surface area contributed by atoms with Crippen LogP contribution in [0, 0.1) is 13.8 Å². The largest absolute Gasteiger partial charge is 0.307 e. The molecule has 3 aromatic heterocycles. The van der Waals surface area contributed by atoms with E-state index in [0.717, 1.165) is 36.1 Å². The van der Waals surface area contributed by atoms with E-state index in [2.05, 4.69) is 32.4 Å². The summed E-state index contributed by atoms with van der Waals surface area (Å²) in [6.45, 7) is 5.51. The lowest BCUT2D eigenvalue weighted by atomic mass is 10.3. The Kier molecular flexibility index (Phi) is 4.25. The second kappa shape index (κ2) is 6.49. The Labute approximate surface area is 130 Å². The molecule has 0 aromatic carbocycles. The van der Waals surface area contributed by atoms with Crippen molar-refractivity contribution >= 4 is 0 Å². The summed E-state index contributed by atoms with van der Waals surface area (Å²) in [5, 5.41) is 3.43. The van der Waals surface area contributed by atoms with Gasteiger partial charge >= 0.3 is 0 Å². The van der Waals surface area contributed by atoms with Crippen LogP contribution in [0.3, 0.4) is 0 Å². The van der Waals surface area contributed by atoms with Crippen LogP contribution in [-0.4, -0.2) is 19.5 Å². The summed E-state index contributed by atoms with van der Waals surface area (Å²) in [6.07, 6.45) is 5.65. The molecule has 0 spiro atoms. The third-order valence-corrected chi connectivity index (χ3v) is 3.38. The zero-order valence-electron chi connectivity index (χ0n) is 12.8. The van der Waals surface area contributed by atoms with Crippen molar-refractivity contribution in [2.75, 3.05) is 0 Å². The van der Waals surface area contributed by atoms with Gasteiger partial charge < -0.3 is 5.32 Å². The predicted octanol–water partition coefficient (Wildman–Crippen LogP) is 2.57. The molecule has 0 aliphatic rings. The standard InChI is InChI=1S/C17H19N5/c1-13-9-14(2)21-17(20-13)22-8-4-6-16(22)12-19-11-15-5-3-7-18-10-15/h3-10,19H,11-12H2,1-2H3. The van der Waals surface area contributed by atoms with E-state index in [4.69, 9.17) is 0 Å². The lowest BCUT2D eigenvalue weighted by molar-refractivity contribution is 0.662. The van der Waals surface area contributed by atoms with Gasteiger partial charge in [0.1, 0.15) is 0 Å². The van der Waals surface area contributed by atoms with Gasteiger partial charge in [-0.25, -0.2) is 9.97 Å². The fourth-order valence-corrected chi connectivity index (χ4v) is 2.41. The van der Waals surface area contributed by atoms with Gasteiger partial charge in [-0.3, -0.25) is 9.55 Å². The third-order valence-electron chi connectivity index (χ3n) is 3.38. The molecule has 0 unspecified atom stereocenters. The van der Waals surface area contributed by atoms with Crippen molar-refractivity contribution in [3.63, 3.8) is 0 Å². The monoisotopic (exact) mass is 293 g/mol. The molecule has 3 aromatic rings. The number of pyridine rings is 1. The topological polar surface area (TPSA) is 55.6 Å². The first-order valence-electron chi connectivity index (χ1n) is 7.31. The van der Waals surface area contributed by atoms with Gasteiger partial charge in [-0.15, -0.1) is 0 Å². The highest BCUT2D eigenvalue weighted by Gasteiger charge is 2.07. The van der Waals surface area contributed by atoms with Crippen LogP contribution in [0.5, 0.6) is 0 Å². The first-order valence-corrected chi connectivity index (χ1v) is 7.31. The van der Waals surface area contributed by atoms with Crippen molar-refractivity contribution in [3.05, 3.63) is 71.6 Å². The maximum absolute atomic E-state index is 4.52. The number of nitrogens with zero attached hydrogens (tertiary/aromatic N) is 4. The molecule has 0 fully saturated rings. The Bertz CT molecular complexity index is 729. The lowest BCUT2D eigenvalue weighted by Gasteiger charge is -2.10. The molecule has 5 nitrogen and oxygen atoms in total. The summed E-state index contributed by atoms with van der Waals surface area (Å²) in [5.41, 5.74) is 4.26. The molecule has 0 aliphatic heterocycles. The summed E-state index contributed by atoms with van der Waals surface area (Å²) in [4.78, 5) is 13.2. The zero-order chi connectivity index (χ0) is 15.4. The molecule has 0 amide bonds. The Hall–Kier alpha value is -2.53. The first-order chi connectivity index (χ1) is 10.7. The van der Waals surface area contributed by atoms with Gasteiger partial charge in [-0.1, -0.05) is 6.07 Å². The quantitative estimate of drug-likeness (QED) is 0.785. The van der Waals surface area contributed by atoms with Gasteiger partial charge in [-0.2, -0.15) is 0 Å². The Morgan fingerprint density at radius 2 is 1.86 bits per heavy atom. The highest BCUT2D eigenvalue weighted by Crippen LogP contribution is 2.10. The molecule has 3 heterocycles. The van der Waals surface area contributed by atoms with Crippen LogP contribution in [0.25, 0.3) is 5.95 Å². The van der Waals surface area contributed by atoms with Gasteiger partial charge in [-0.05, 0) is 43.7 Å². The van der Waals surface area contributed by atoms with E-state index in [9.17, 15) is 0 Å². The minimum absolute atomic E-state index is 0.723. The number of rotatable bonds is 5. The van der Waals surface area contributed by atoms with Crippen LogP contribution in [0.4, 0.5) is 0 Å². The lowest BCUT2D eigenvalue weighted by Crippen LogP contribution is -2.16. The number of hydrogen-bond donors (Lipinski definition) is 1.